The highest BCUT2D eigenvalue weighted by molar-refractivity contribution is 5.87. The third-order valence-electron chi connectivity index (χ3n) is 3.16. The summed E-state index contributed by atoms with van der Waals surface area (Å²) < 4.78 is 20.8. The van der Waals surface area contributed by atoms with Gasteiger partial charge in [-0.1, -0.05) is 6.07 Å². The van der Waals surface area contributed by atoms with Gasteiger partial charge in [-0.15, -0.1) is 0 Å². The van der Waals surface area contributed by atoms with E-state index in [9.17, 15) is 4.79 Å². The Morgan fingerprint density at radius 2 is 2.18 bits per heavy atom. The van der Waals surface area contributed by atoms with Crippen LogP contribution in [0.15, 0.2) is 30.5 Å². The first kappa shape index (κ1) is 16.2. The molecule has 0 saturated carbocycles. The molecule has 22 heavy (non-hydrogen) atoms. The van der Waals surface area contributed by atoms with Crippen LogP contribution in [0.4, 0.5) is 0 Å². The first-order chi connectivity index (χ1) is 10.7. The van der Waals surface area contributed by atoms with E-state index in [1.54, 1.807) is 12.0 Å². The van der Waals surface area contributed by atoms with Crippen LogP contribution < -0.4 is 9.47 Å². The minimum absolute atomic E-state index is 0.122. The number of carbonyl (C=O) groups is 1. The summed E-state index contributed by atoms with van der Waals surface area (Å²) in [5.74, 6) is 1.32. The zero-order valence-corrected chi connectivity index (χ0v) is 12.9. The molecular weight excluding hydrogens is 286 g/mol. The molecular formula is C16H21NO5. The van der Waals surface area contributed by atoms with Crippen LogP contribution >= 0.6 is 0 Å². The van der Waals surface area contributed by atoms with Crippen molar-refractivity contribution < 1.29 is 23.7 Å². The first-order valence-electron chi connectivity index (χ1n) is 7.19. The highest BCUT2D eigenvalue weighted by Crippen LogP contribution is 2.32. The van der Waals surface area contributed by atoms with Crippen LogP contribution in [-0.4, -0.2) is 44.5 Å². The molecule has 1 amide bonds. The minimum Gasteiger partial charge on any atom is -0.501 e. The van der Waals surface area contributed by atoms with Crippen LogP contribution in [0.1, 0.15) is 12.5 Å². The number of methoxy groups -OCH3 is 1. The van der Waals surface area contributed by atoms with E-state index in [4.69, 9.17) is 18.9 Å². The molecule has 6 heteroatoms. The second-order valence-corrected chi connectivity index (χ2v) is 4.70. The minimum atomic E-state index is -0.122. The Labute approximate surface area is 130 Å². The summed E-state index contributed by atoms with van der Waals surface area (Å²) in [7, 11) is 1.61. The molecule has 0 spiro atoms. The highest BCUT2D eigenvalue weighted by Gasteiger charge is 2.16. The van der Waals surface area contributed by atoms with Crippen LogP contribution in [0.5, 0.6) is 11.5 Å². The molecule has 0 bridgehead atoms. The van der Waals surface area contributed by atoms with Gasteiger partial charge in [-0.2, -0.15) is 0 Å². The first-order valence-corrected chi connectivity index (χ1v) is 7.19. The van der Waals surface area contributed by atoms with Gasteiger partial charge in [0.2, 0.25) is 12.7 Å². The maximum atomic E-state index is 12.2. The fourth-order valence-electron chi connectivity index (χ4n) is 2.04. The van der Waals surface area contributed by atoms with E-state index >= 15 is 0 Å². The van der Waals surface area contributed by atoms with E-state index in [1.165, 1.54) is 12.3 Å². The van der Waals surface area contributed by atoms with E-state index in [2.05, 4.69) is 0 Å². The number of carbonyl (C=O) groups excluding carboxylic acids is 1. The Hall–Kier alpha value is -2.21. The van der Waals surface area contributed by atoms with Gasteiger partial charge in [0.1, 0.15) is 0 Å². The number of amides is 1. The summed E-state index contributed by atoms with van der Waals surface area (Å²) in [5, 5.41) is 0. The smallest absolute Gasteiger partial charge is 0.250 e. The van der Waals surface area contributed by atoms with Gasteiger partial charge in [0.15, 0.2) is 11.5 Å². The lowest BCUT2D eigenvalue weighted by Crippen LogP contribution is -2.32. The molecule has 1 aliphatic rings. The molecule has 0 fully saturated rings. The monoisotopic (exact) mass is 307 g/mol. The maximum absolute atomic E-state index is 12.2. The number of fused-ring (bicyclic) bond motifs is 1. The van der Waals surface area contributed by atoms with Gasteiger partial charge in [-0.3, -0.25) is 4.79 Å². The lowest BCUT2D eigenvalue weighted by Gasteiger charge is -2.21. The van der Waals surface area contributed by atoms with Crippen molar-refractivity contribution in [2.24, 2.45) is 0 Å². The molecule has 1 heterocycles. The third kappa shape index (κ3) is 4.39. The van der Waals surface area contributed by atoms with Gasteiger partial charge >= 0.3 is 0 Å². The van der Waals surface area contributed by atoms with Crippen LogP contribution in [0.25, 0.3) is 0 Å². The van der Waals surface area contributed by atoms with Crippen LogP contribution in [0, 0.1) is 0 Å². The summed E-state index contributed by atoms with van der Waals surface area (Å²) in [5.41, 5.74) is 0.971. The topological polar surface area (TPSA) is 57.2 Å². The molecule has 2 rings (SSSR count). The van der Waals surface area contributed by atoms with Crippen molar-refractivity contribution in [2.75, 3.05) is 33.7 Å². The fourth-order valence-corrected chi connectivity index (χ4v) is 2.04. The fraction of sp³-hybridized carbons (Fsp3) is 0.438. The van der Waals surface area contributed by atoms with E-state index in [0.717, 1.165) is 11.3 Å². The van der Waals surface area contributed by atoms with E-state index in [1.807, 2.05) is 25.1 Å². The van der Waals surface area contributed by atoms with Crippen molar-refractivity contribution in [3.05, 3.63) is 36.1 Å². The van der Waals surface area contributed by atoms with Gasteiger partial charge in [0, 0.05) is 26.3 Å². The summed E-state index contributed by atoms with van der Waals surface area (Å²) >= 11 is 0. The molecule has 0 N–H and O–H groups in total. The zero-order chi connectivity index (χ0) is 15.8. The Kier molecular flexibility index (Phi) is 6.09. The second-order valence-electron chi connectivity index (χ2n) is 4.70. The number of hydrogen-bond acceptors (Lipinski definition) is 5. The number of ether oxygens (including phenoxy) is 4. The molecule has 1 aromatic carbocycles. The number of nitrogens with zero attached hydrogens (tertiary/aromatic N) is 1. The molecule has 0 radical (unpaired) electrons. The zero-order valence-electron chi connectivity index (χ0n) is 12.9. The molecule has 0 unspecified atom stereocenters. The Morgan fingerprint density at radius 1 is 1.36 bits per heavy atom. The largest absolute Gasteiger partial charge is 0.501 e. The molecule has 0 aliphatic carbocycles. The van der Waals surface area contributed by atoms with Crippen molar-refractivity contribution in [2.45, 2.75) is 13.5 Å². The summed E-state index contributed by atoms with van der Waals surface area (Å²) in [6.07, 6.45) is 2.84. The summed E-state index contributed by atoms with van der Waals surface area (Å²) in [6, 6.07) is 5.67. The molecule has 0 atom stereocenters. The molecule has 0 saturated heterocycles. The summed E-state index contributed by atoms with van der Waals surface area (Å²) in [6.45, 7) is 4.07. The maximum Gasteiger partial charge on any atom is 0.250 e. The van der Waals surface area contributed by atoms with Gasteiger partial charge in [-0.05, 0) is 24.6 Å². The quantitative estimate of drug-likeness (QED) is 0.542. The SMILES string of the molecule is CCO/C=C/C(=O)N(CCOC)Cc1ccc2c(c1)OCO2. The van der Waals surface area contributed by atoms with E-state index in [-0.39, 0.29) is 12.7 Å². The highest BCUT2D eigenvalue weighted by atomic mass is 16.7. The van der Waals surface area contributed by atoms with E-state index < -0.39 is 0 Å². The Balaban J connectivity index is 2.03. The molecule has 1 aromatic rings. The number of benzene rings is 1. The molecule has 6 nitrogen and oxygen atoms in total. The normalized spacial score (nSPS) is 12.6. The molecule has 1 aliphatic heterocycles. The van der Waals surface area contributed by atoms with Crippen molar-refractivity contribution in [1.29, 1.82) is 0 Å². The third-order valence-corrected chi connectivity index (χ3v) is 3.16. The van der Waals surface area contributed by atoms with Gasteiger partial charge in [0.05, 0.1) is 19.5 Å². The number of hydrogen-bond donors (Lipinski definition) is 0. The van der Waals surface area contributed by atoms with Crippen molar-refractivity contribution in [3.8, 4) is 11.5 Å². The predicted molar refractivity (Wildman–Crippen MR) is 80.6 cm³/mol. The average molecular weight is 307 g/mol. The lowest BCUT2D eigenvalue weighted by molar-refractivity contribution is -0.127. The van der Waals surface area contributed by atoms with Gasteiger partial charge < -0.3 is 23.8 Å². The van der Waals surface area contributed by atoms with Crippen molar-refractivity contribution in [3.63, 3.8) is 0 Å². The molecule has 0 aromatic heterocycles. The van der Waals surface area contributed by atoms with Gasteiger partial charge in [0.25, 0.3) is 0 Å². The standard InChI is InChI=1S/C16H21NO5/c1-3-20-8-6-16(18)17(7-9-19-2)11-13-4-5-14-15(10-13)22-12-21-14/h4-6,8,10H,3,7,9,11-12H2,1-2H3/b8-6+. The Bertz CT molecular complexity index is 529. The lowest BCUT2D eigenvalue weighted by atomic mass is 10.2. The van der Waals surface area contributed by atoms with Crippen molar-refractivity contribution in [1.82, 2.24) is 4.90 Å². The Morgan fingerprint density at radius 3 is 2.95 bits per heavy atom. The van der Waals surface area contributed by atoms with Gasteiger partial charge in [-0.25, -0.2) is 0 Å². The molecule has 120 valence electrons. The van der Waals surface area contributed by atoms with E-state index in [0.29, 0.717) is 32.1 Å². The summed E-state index contributed by atoms with van der Waals surface area (Å²) in [4.78, 5) is 13.9. The second kappa shape index (κ2) is 8.29. The van der Waals surface area contributed by atoms with Crippen LogP contribution in [0.2, 0.25) is 0 Å². The van der Waals surface area contributed by atoms with Crippen LogP contribution in [0.3, 0.4) is 0 Å². The predicted octanol–water partition coefficient (Wildman–Crippen LogP) is 1.94. The average Bonchev–Trinajstić information content (AvgIpc) is 2.99. The van der Waals surface area contributed by atoms with Crippen molar-refractivity contribution >= 4 is 5.91 Å². The van der Waals surface area contributed by atoms with Crippen LogP contribution in [-0.2, 0) is 20.8 Å². The number of rotatable bonds is 8.